The zero-order chi connectivity index (χ0) is 15.3. The van der Waals surface area contributed by atoms with E-state index in [1.807, 2.05) is 30.1 Å². The maximum Gasteiger partial charge on any atom is 0.233 e. The van der Waals surface area contributed by atoms with Gasteiger partial charge in [0.2, 0.25) is 5.91 Å². The Labute approximate surface area is 128 Å². The lowest BCUT2D eigenvalue weighted by atomic mass is 9.72. The van der Waals surface area contributed by atoms with Gasteiger partial charge in [0.1, 0.15) is 0 Å². The summed E-state index contributed by atoms with van der Waals surface area (Å²) in [5.41, 5.74) is 0.832. The molecule has 0 radical (unpaired) electrons. The highest BCUT2D eigenvalue weighted by molar-refractivity contribution is 5.88. The van der Waals surface area contributed by atoms with Crippen molar-refractivity contribution in [2.45, 2.75) is 51.0 Å². The molecule has 1 aromatic carbocycles. The molecule has 1 fully saturated rings. The van der Waals surface area contributed by atoms with Gasteiger partial charge in [0.15, 0.2) is 0 Å². The Morgan fingerprint density at radius 1 is 1.19 bits per heavy atom. The van der Waals surface area contributed by atoms with Crippen molar-refractivity contribution < 1.29 is 4.79 Å². The molecule has 0 aliphatic carbocycles. The molecule has 1 aliphatic heterocycles. The number of hydrogen-bond donors (Lipinski definition) is 1. The molecule has 1 aliphatic rings. The van der Waals surface area contributed by atoms with E-state index in [9.17, 15) is 4.79 Å². The lowest BCUT2D eigenvalue weighted by molar-refractivity contribution is -0.139. The van der Waals surface area contributed by atoms with Gasteiger partial charge in [0, 0.05) is 13.1 Å². The van der Waals surface area contributed by atoms with Crippen LogP contribution in [0, 0.1) is 0 Å². The largest absolute Gasteiger partial charge is 0.342 e. The zero-order valence-corrected chi connectivity index (χ0v) is 13.6. The van der Waals surface area contributed by atoms with Crippen LogP contribution in [0.5, 0.6) is 0 Å². The molecule has 21 heavy (non-hydrogen) atoms. The Kier molecular flexibility index (Phi) is 5.40. The SMILES string of the molecule is CCC(CC)N(C)C(=O)C1(c2ccccc2)CCNCC1. The van der Waals surface area contributed by atoms with E-state index in [2.05, 4.69) is 31.3 Å². The lowest BCUT2D eigenvalue weighted by Crippen LogP contribution is -2.53. The number of rotatable bonds is 5. The lowest BCUT2D eigenvalue weighted by Gasteiger charge is -2.41. The summed E-state index contributed by atoms with van der Waals surface area (Å²) in [5.74, 6) is 0.295. The molecule has 0 atom stereocenters. The molecule has 1 amide bonds. The van der Waals surface area contributed by atoms with Crippen LogP contribution in [-0.2, 0) is 10.2 Å². The number of amides is 1. The average molecular weight is 288 g/mol. The molecule has 3 heteroatoms. The molecule has 0 spiro atoms. The fourth-order valence-corrected chi connectivity index (χ4v) is 3.58. The van der Waals surface area contributed by atoms with E-state index in [0.717, 1.165) is 38.8 Å². The minimum atomic E-state index is -0.343. The number of nitrogens with zero attached hydrogens (tertiary/aromatic N) is 1. The second kappa shape index (κ2) is 7.08. The van der Waals surface area contributed by atoms with E-state index in [-0.39, 0.29) is 5.41 Å². The van der Waals surface area contributed by atoms with E-state index in [0.29, 0.717) is 11.9 Å². The van der Waals surface area contributed by atoms with Crippen molar-refractivity contribution in [2.24, 2.45) is 0 Å². The van der Waals surface area contributed by atoms with Gasteiger partial charge < -0.3 is 10.2 Å². The summed E-state index contributed by atoms with van der Waals surface area (Å²) in [6.45, 7) is 6.15. The Morgan fingerprint density at radius 3 is 2.29 bits per heavy atom. The average Bonchev–Trinajstić information content (AvgIpc) is 2.56. The minimum Gasteiger partial charge on any atom is -0.342 e. The quantitative estimate of drug-likeness (QED) is 0.903. The Bertz CT molecular complexity index is 448. The monoisotopic (exact) mass is 288 g/mol. The zero-order valence-electron chi connectivity index (χ0n) is 13.6. The molecule has 1 aromatic rings. The van der Waals surface area contributed by atoms with Gasteiger partial charge in [-0.05, 0) is 44.3 Å². The standard InChI is InChI=1S/C18H28N2O/c1-4-16(5-2)20(3)17(21)18(11-13-19-14-12-18)15-9-7-6-8-10-15/h6-10,16,19H,4-5,11-14H2,1-3H3. The molecular weight excluding hydrogens is 260 g/mol. The van der Waals surface area contributed by atoms with Crippen molar-refractivity contribution in [1.29, 1.82) is 0 Å². The number of carbonyl (C=O) groups excluding carboxylic acids is 1. The van der Waals surface area contributed by atoms with Crippen LogP contribution >= 0.6 is 0 Å². The topological polar surface area (TPSA) is 32.3 Å². The summed E-state index contributed by atoms with van der Waals surface area (Å²) >= 11 is 0. The van der Waals surface area contributed by atoms with Gasteiger partial charge in [-0.1, -0.05) is 44.2 Å². The Morgan fingerprint density at radius 2 is 1.76 bits per heavy atom. The molecule has 0 unspecified atom stereocenters. The summed E-state index contributed by atoms with van der Waals surface area (Å²) < 4.78 is 0. The van der Waals surface area contributed by atoms with Gasteiger partial charge in [-0.3, -0.25) is 4.79 Å². The number of likely N-dealkylation sites (N-methyl/N-ethyl adjacent to an activating group) is 1. The van der Waals surface area contributed by atoms with E-state index < -0.39 is 0 Å². The van der Waals surface area contributed by atoms with Crippen LogP contribution in [-0.4, -0.2) is 37.0 Å². The molecule has 1 saturated heterocycles. The molecule has 0 saturated carbocycles. The third kappa shape index (κ3) is 3.13. The molecule has 1 heterocycles. The number of benzene rings is 1. The second-order valence-corrected chi connectivity index (χ2v) is 6.08. The third-order valence-electron chi connectivity index (χ3n) is 5.00. The minimum absolute atomic E-state index is 0.295. The summed E-state index contributed by atoms with van der Waals surface area (Å²) in [6, 6.07) is 10.7. The van der Waals surface area contributed by atoms with Crippen molar-refractivity contribution in [3.05, 3.63) is 35.9 Å². The van der Waals surface area contributed by atoms with Crippen molar-refractivity contribution in [1.82, 2.24) is 10.2 Å². The molecule has 3 nitrogen and oxygen atoms in total. The number of hydrogen-bond acceptors (Lipinski definition) is 2. The van der Waals surface area contributed by atoms with E-state index in [4.69, 9.17) is 0 Å². The van der Waals surface area contributed by atoms with E-state index >= 15 is 0 Å². The highest BCUT2D eigenvalue weighted by Gasteiger charge is 2.43. The molecule has 116 valence electrons. The highest BCUT2D eigenvalue weighted by atomic mass is 16.2. The van der Waals surface area contributed by atoms with Crippen LogP contribution in [0.2, 0.25) is 0 Å². The maximum atomic E-state index is 13.3. The van der Waals surface area contributed by atoms with Crippen molar-refractivity contribution in [3.63, 3.8) is 0 Å². The van der Waals surface area contributed by atoms with Crippen LogP contribution in [0.1, 0.15) is 45.1 Å². The first-order chi connectivity index (χ1) is 10.2. The van der Waals surface area contributed by atoms with Gasteiger partial charge in [-0.25, -0.2) is 0 Å². The normalized spacial score (nSPS) is 17.7. The van der Waals surface area contributed by atoms with Crippen molar-refractivity contribution in [3.8, 4) is 0 Å². The van der Waals surface area contributed by atoms with Gasteiger partial charge in [0.25, 0.3) is 0 Å². The molecule has 2 rings (SSSR count). The first kappa shape index (κ1) is 16.0. The molecule has 0 aromatic heterocycles. The Balaban J connectivity index is 2.34. The first-order valence-corrected chi connectivity index (χ1v) is 8.19. The van der Waals surface area contributed by atoms with Gasteiger partial charge in [-0.15, -0.1) is 0 Å². The van der Waals surface area contributed by atoms with Crippen LogP contribution in [0.4, 0.5) is 0 Å². The Hall–Kier alpha value is -1.35. The van der Waals surface area contributed by atoms with Gasteiger partial charge >= 0.3 is 0 Å². The predicted octanol–water partition coefficient (Wildman–Crippen LogP) is 2.95. The summed E-state index contributed by atoms with van der Waals surface area (Å²) in [5, 5.41) is 3.39. The summed E-state index contributed by atoms with van der Waals surface area (Å²) in [4.78, 5) is 15.3. The first-order valence-electron chi connectivity index (χ1n) is 8.19. The fraction of sp³-hybridized carbons (Fsp3) is 0.611. The van der Waals surface area contributed by atoms with Gasteiger partial charge in [0.05, 0.1) is 5.41 Å². The predicted molar refractivity (Wildman–Crippen MR) is 87.4 cm³/mol. The van der Waals surface area contributed by atoms with Crippen LogP contribution in [0.3, 0.4) is 0 Å². The summed E-state index contributed by atoms with van der Waals surface area (Å²) in [6.07, 6.45) is 3.81. The fourth-order valence-electron chi connectivity index (χ4n) is 3.58. The smallest absolute Gasteiger partial charge is 0.233 e. The highest BCUT2D eigenvalue weighted by Crippen LogP contribution is 2.36. The third-order valence-corrected chi connectivity index (χ3v) is 5.00. The van der Waals surface area contributed by atoms with Crippen LogP contribution < -0.4 is 5.32 Å². The van der Waals surface area contributed by atoms with Crippen LogP contribution in [0.15, 0.2) is 30.3 Å². The number of carbonyl (C=O) groups is 1. The number of nitrogens with one attached hydrogen (secondary N) is 1. The van der Waals surface area contributed by atoms with Crippen molar-refractivity contribution in [2.75, 3.05) is 20.1 Å². The van der Waals surface area contributed by atoms with Crippen molar-refractivity contribution >= 4 is 5.91 Å². The molecule has 0 bridgehead atoms. The molecule has 1 N–H and O–H groups in total. The van der Waals surface area contributed by atoms with E-state index in [1.165, 1.54) is 5.56 Å². The summed E-state index contributed by atoms with van der Waals surface area (Å²) in [7, 11) is 1.98. The maximum absolute atomic E-state index is 13.3. The second-order valence-electron chi connectivity index (χ2n) is 6.08. The molecular formula is C18H28N2O. The van der Waals surface area contributed by atoms with E-state index in [1.54, 1.807) is 0 Å². The van der Waals surface area contributed by atoms with Crippen LogP contribution in [0.25, 0.3) is 0 Å². The number of piperidine rings is 1. The van der Waals surface area contributed by atoms with Gasteiger partial charge in [-0.2, -0.15) is 0 Å².